The van der Waals surface area contributed by atoms with Crippen molar-refractivity contribution in [3.05, 3.63) is 53.7 Å². The van der Waals surface area contributed by atoms with Crippen LogP contribution in [0.25, 0.3) is 0 Å². The Kier molecular flexibility index (Phi) is 6.87. The van der Waals surface area contributed by atoms with Crippen molar-refractivity contribution in [3.63, 3.8) is 0 Å². The fourth-order valence-corrected chi connectivity index (χ4v) is 3.36. The van der Waals surface area contributed by atoms with Gasteiger partial charge in [0.1, 0.15) is 17.1 Å². The summed E-state index contributed by atoms with van der Waals surface area (Å²) in [5, 5.41) is 0. The van der Waals surface area contributed by atoms with E-state index >= 15 is 0 Å². The van der Waals surface area contributed by atoms with Gasteiger partial charge in [0.2, 0.25) is 0 Å². The molecule has 1 fully saturated rings. The minimum atomic E-state index is -0.312. The molecule has 2 aromatic rings. The third-order valence-electron chi connectivity index (χ3n) is 4.64. The fourth-order valence-electron chi connectivity index (χ4n) is 3.36. The third kappa shape index (κ3) is 5.23. The summed E-state index contributed by atoms with van der Waals surface area (Å²) in [6.45, 7) is 10.7. The first-order chi connectivity index (χ1) is 13.6. The Balaban J connectivity index is 1.61. The maximum Gasteiger partial charge on any atom is 0.342 e. The summed E-state index contributed by atoms with van der Waals surface area (Å²) in [5.74, 6) is 1.32. The van der Waals surface area contributed by atoms with Gasteiger partial charge in [-0.2, -0.15) is 0 Å². The normalized spacial score (nSPS) is 14.9. The molecular formula is C22H29N3O3. The summed E-state index contributed by atoms with van der Waals surface area (Å²) >= 11 is 0. The number of hydrogen-bond acceptors (Lipinski definition) is 6. The lowest BCUT2D eigenvalue weighted by Crippen LogP contribution is -2.46. The number of esters is 1. The molecule has 6 nitrogen and oxygen atoms in total. The second-order valence-electron chi connectivity index (χ2n) is 7.17. The highest BCUT2D eigenvalue weighted by atomic mass is 16.5. The predicted octanol–water partition coefficient (Wildman–Crippen LogP) is 3.37. The summed E-state index contributed by atoms with van der Waals surface area (Å²) in [4.78, 5) is 21.4. The summed E-state index contributed by atoms with van der Waals surface area (Å²) in [6.07, 6.45) is 1.58. The summed E-state index contributed by atoms with van der Waals surface area (Å²) < 4.78 is 11.0. The Morgan fingerprint density at radius 2 is 1.93 bits per heavy atom. The van der Waals surface area contributed by atoms with E-state index in [1.807, 2.05) is 32.9 Å². The second-order valence-corrected chi connectivity index (χ2v) is 7.17. The molecule has 0 aliphatic carbocycles. The largest absolute Gasteiger partial charge is 0.494 e. The van der Waals surface area contributed by atoms with Gasteiger partial charge in [-0.25, -0.2) is 9.78 Å². The van der Waals surface area contributed by atoms with Crippen molar-refractivity contribution < 1.29 is 14.3 Å². The van der Waals surface area contributed by atoms with Crippen LogP contribution < -0.4 is 9.64 Å². The van der Waals surface area contributed by atoms with Crippen LogP contribution in [0.15, 0.2) is 42.6 Å². The Labute approximate surface area is 167 Å². The zero-order valence-electron chi connectivity index (χ0n) is 16.9. The number of piperazine rings is 1. The number of anilines is 1. The molecule has 0 radical (unpaired) electrons. The molecule has 1 saturated heterocycles. The van der Waals surface area contributed by atoms with Crippen LogP contribution in [0.2, 0.25) is 0 Å². The number of benzene rings is 1. The maximum atomic E-state index is 12.4. The van der Waals surface area contributed by atoms with Gasteiger partial charge >= 0.3 is 5.97 Å². The molecule has 0 N–H and O–H groups in total. The van der Waals surface area contributed by atoms with Crippen LogP contribution >= 0.6 is 0 Å². The first kappa shape index (κ1) is 20.1. The number of aromatic nitrogens is 1. The Morgan fingerprint density at radius 1 is 1.14 bits per heavy atom. The summed E-state index contributed by atoms with van der Waals surface area (Å²) in [7, 11) is 0. The Hall–Kier alpha value is -2.60. The van der Waals surface area contributed by atoms with Crippen molar-refractivity contribution in [3.8, 4) is 5.75 Å². The summed E-state index contributed by atoms with van der Waals surface area (Å²) in [6, 6.07) is 11.8. The van der Waals surface area contributed by atoms with Gasteiger partial charge in [-0.1, -0.05) is 12.1 Å². The van der Waals surface area contributed by atoms with E-state index in [4.69, 9.17) is 9.47 Å². The van der Waals surface area contributed by atoms with Crippen LogP contribution in [0.4, 0.5) is 5.82 Å². The van der Waals surface area contributed by atoms with Crippen molar-refractivity contribution in [2.45, 2.75) is 33.4 Å². The van der Waals surface area contributed by atoms with Gasteiger partial charge in [0.15, 0.2) is 0 Å². The van der Waals surface area contributed by atoms with Gasteiger partial charge in [-0.05, 0) is 50.6 Å². The van der Waals surface area contributed by atoms with Crippen molar-refractivity contribution in [2.24, 2.45) is 0 Å². The van der Waals surface area contributed by atoms with Crippen molar-refractivity contribution >= 4 is 11.8 Å². The number of pyridine rings is 1. The molecule has 6 heteroatoms. The van der Waals surface area contributed by atoms with Gasteiger partial charge in [0.25, 0.3) is 0 Å². The van der Waals surface area contributed by atoms with Crippen molar-refractivity contribution in [1.29, 1.82) is 0 Å². The van der Waals surface area contributed by atoms with Gasteiger partial charge in [0.05, 0.1) is 12.7 Å². The zero-order chi connectivity index (χ0) is 19.9. The molecule has 0 amide bonds. The monoisotopic (exact) mass is 383 g/mol. The molecule has 1 aliphatic rings. The van der Waals surface area contributed by atoms with Crippen LogP contribution in [0.1, 0.15) is 36.7 Å². The van der Waals surface area contributed by atoms with Crippen molar-refractivity contribution in [2.75, 3.05) is 37.7 Å². The van der Waals surface area contributed by atoms with Crippen molar-refractivity contribution in [1.82, 2.24) is 9.88 Å². The van der Waals surface area contributed by atoms with Gasteiger partial charge < -0.3 is 14.4 Å². The second kappa shape index (κ2) is 9.55. The molecule has 3 rings (SSSR count). The standard InChI is InChI=1S/C22H29N3O3/c1-4-27-19-8-5-7-18(15-19)16-24-11-13-25(14-12-24)21-20(9-6-10-23-21)22(26)28-17(2)3/h5-10,15,17H,4,11-14,16H2,1-3H3. The van der Waals surface area contributed by atoms with Gasteiger partial charge in [0, 0.05) is 38.9 Å². The molecule has 1 aliphatic heterocycles. The molecule has 1 aromatic carbocycles. The molecule has 0 unspecified atom stereocenters. The Morgan fingerprint density at radius 3 is 2.64 bits per heavy atom. The van der Waals surface area contributed by atoms with Gasteiger partial charge in [-0.3, -0.25) is 4.90 Å². The number of carbonyl (C=O) groups excluding carboxylic acids is 1. The average molecular weight is 383 g/mol. The van der Waals surface area contributed by atoms with E-state index < -0.39 is 0 Å². The van der Waals surface area contributed by atoms with Crippen LogP contribution in [-0.4, -0.2) is 54.7 Å². The first-order valence-electron chi connectivity index (χ1n) is 9.92. The van der Waals surface area contributed by atoms with Crippen LogP contribution in [0.3, 0.4) is 0 Å². The molecular weight excluding hydrogens is 354 g/mol. The molecule has 1 aromatic heterocycles. The zero-order valence-corrected chi connectivity index (χ0v) is 16.9. The molecule has 2 heterocycles. The number of rotatable bonds is 7. The van der Waals surface area contributed by atoms with Crippen LogP contribution in [-0.2, 0) is 11.3 Å². The van der Waals surface area contributed by atoms with E-state index in [1.165, 1.54) is 5.56 Å². The summed E-state index contributed by atoms with van der Waals surface area (Å²) in [5.41, 5.74) is 1.78. The van der Waals surface area contributed by atoms with Crippen LogP contribution in [0, 0.1) is 0 Å². The molecule has 28 heavy (non-hydrogen) atoms. The van der Waals surface area contributed by atoms with Crippen LogP contribution in [0.5, 0.6) is 5.75 Å². The lowest BCUT2D eigenvalue weighted by atomic mass is 10.1. The van der Waals surface area contributed by atoms with Gasteiger partial charge in [-0.15, -0.1) is 0 Å². The highest BCUT2D eigenvalue weighted by molar-refractivity contribution is 5.94. The van der Waals surface area contributed by atoms with E-state index in [0.717, 1.165) is 38.5 Å². The molecule has 0 atom stereocenters. The first-order valence-corrected chi connectivity index (χ1v) is 9.92. The predicted molar refractivity (Wildman–Crippen MR) is 110 cm³/mol. The number of ether oxygens (including phenoxy) is 2. The number of hydrogen-bond donors (Lipinski definition) is 0. The number of nitrogens with zero attached hydrogens (tertiary/aromatic N) is 3. The lowest BCUT2D eigenvalue weighted by Gasteiger charge is -2.36. The Bertz CT molecular complexity index is 786. The van der Waals surface area contributed by atoms with E-state index in [2.05, 4.69) is 26.9 Å². The van der Waals surface area contributed by atoms with E-state index in [1.54, 1.807) is 18.3 Å². The smallest absolute Gasteiger partial charge is 0.342 e. The quantitative estimate of drug-likeness (QED) is 0.684. The molecule has 150 valence electrons. The number of carbonyl (C=O) groups is 1. The highest BCUT2D eigenvalue weighted by Crippen LogP contribution is 2.22. The lowest BCUT2D eigenvalue weighted by molar-refractivity contribution is 0.0378. The fraction of sp³-hybridized carbons (Fsp3) is 0.455. The molecule has 0 spiro atoms. The molecule has 0 saturated carbocycles. The third-order valence-corrected chi connectivity index (χ3v) is 4.64. The minimum Gasteiger partial charge on any atom is -0.494 e. The van der Waals surface area contributed by atoms with E-state index in [-0.39, 0.29) is 12.1 Å². The molecule has 0 bridgehead atoms. The maximum absolute atomic E-state index is 12.4. The van der Waals surface area contributed by atoms with E-state index in [0.29, 0.717) is 18.0 Å². The highest BCUT2D eigenvalue weighted by Gasteiger charge is 2.23. The minimum absolute atomic E-state index is 0.148. The topological polar surface area (TPSA) is 54.9 Å². The SMILES string of the molecule is CCOc1cccc(CN2CCN(c3ncccc3C(=O)OC(C)C)CC2)c1. The van der Waals surface area contributed by atoms with E-state index in [9.17, 15) is 4.79 Å². The average Bonchev–Trinajstić information content (AvgIpc) is 2.69.